The molecule has 0 heterocycles. The first-order valence-corrected chi connectivity index (χ1v) is 14.1. The number of hydrogen-bond donors (Lipinski definition) is 2. The van der Waals surface area contributed by atoms with Crippen LogP contribution in [0.15, 0.2) is 25.3 Å². The van der Waals surface area contributed by atoms with Gasteiger partial charge in [-0.15, -0.1) is 13.2 Å². The molecule has 3 fully saturated rings. The highest BCUT2D eigenvalue weighted by Gasteiger charge is 2.62. The van der Waals surface area contributed by atoms with Crippen molar-refractivity contribution in [1.82, 2.24) is 14.9 Å². The number of nitrogens with zero attached hydrogens (tertiary/aromatic N) is 1. The summed E-state index contributed by atoms with van der Waals surface area (Å²) in [6.45, 7) is 7.85. The van der Waals surface area contributed by atoms with Gasteiger partial charge in [0, 0.05) is 31.1 Å². The quantitative estimate of drug-likeness (QED) is 0.206. The number of sulfonamides is 1. The fraction of sp³-hybridized carbons (Fsp3) is 0.667. The van der Waals surface area contributed by atoms with Crippen LogP contribution < -0.4 is 10.0 Å². The van der Waals surface area contributed by atoms with Crippen LogP contribution in [-0.2, 0) is 29.1 Å². The number of hydrogen-bond acceptors (Lipinski definition) is 7. The van der Waals surface area contributed by atoms with Crippen LogP contribution in [-0.4, -0.2) is 67.0 Å². The fourth-order valence-corrected chi connectivity index (χ4v) is 6.33. The summed E-state index contributed by atoms with van der Waals surface area (Å²) in [5.74, 6) is -3.78. The molecule has 0 bridgehead atoms. The SMILES string of the molecule is C=CCCCCN(C)C(=O)[C@@H]1C[C@H](OC(=O)Cl)C[C@H]1C(=O)N[C@]1(C(=O)NS(=O)(=O)C2CC2)C[C@H]1C=C. The van der Waals surface area contributed by atoms with Crippen LogP contribution in [0.2, 0.25) is 0 Å². The summed E-state index contributed by atoms with van der Waals surface area (Å²) in [7, 11) is -2.16. The Bertz CT molecular complexity index is 1030. The third-order valence-corrected chi connectivity index (χ3v) is 9.12. The van der Waals surface area contributed by atoms with Gasteiger partial charge in [-0.25, -0.2) is 13.2 Å². The number of halogens is 1. The topological polar surface area (TPSA) is 139 Å². The van der Waals surface area contributed by atoms with Crippen molar-refractivity contribution in [1.29, 1.82) is 0 Å². The van der Waals surface area contributed by atoms with Crippen molar-refractivity contribution in [3.05, 3.63) is 25.3 Å². The lowest BCUT2D eigenvalue weighted by Gasteiger charge is -2.26. The molecular weight excluding hydrogens is 510 g/mol. The number of nitrogens with one attached hydrogen (secondary N) is 2. The summed E-state index contributed by atoms with van der Waals surface area (Å²) in [5.41, 5.74) is -2.48. The molecule has 3 aliphatic rings. The zero-order valence-corrected chi connectivity index (χ0v) is 22.0. The van der Waals surface area contributed by atoms with Gasteiger partial charge in [-0.2, -0.15) is 0 Å². The van der Waals surface area contributed by atoms with E-state index in [1.165, 1.54) is 6.08 Å². The Morgan fingerprint density at radius 1 is 1.14 bits per heavy atom. The van der Waals surface area contributed by atoms with Gasteiger partial charge in [-0.3, -0.25) is 19.1 Å². The second-order valence-electron chi connectivity index (χ2n) is 9.89. The standard InChI is InChI=1S/C24H34ClN3O7S/c1-4-6-7-8-11-28(3)21(30)19-13-16(35-23(25)32)12-18(19)20(29)26-24(14-15(24)5-2)22(31)27-36(33,34)17-9-10-17/h4-5,15-19H,1-2,6-14H2,3H3,(H,26,29)(H,27,31)/t15-,16-,18-,19-,24-/m1/s1. The maximum Gasteiger partial charge on any atom is 0.404 e. The highest BCUT2D eigenvalue weighted by atomic mass is 35.5. The van der Waals surface area contributed by atoms with Crippen LogP contribution >= 0.6 is 11.6 Å². The minimum atomic E-state index is -3.81. The predicted octanol–water partition coefficient (Wildman–Crippen LogP) is 2.24. The molecule has 0 radical (unpaired) electrons. The lowest BCUT2D eigenvalue weighted by atomic mass is 9.93. The smallest absolute Gasteiger partial charge is 0.404 e. The number of allylic oxidation sites excluding steroid dienone is 1. The average molecular weight is 544 g/mol. The van der Waals surface area contributed by atoms with Crippen LogP contribution in [0.3, 0.4) is 0 Å². The third-order valence-electron chi connectivity index (χ3n) is 7.21. The van der Waals surface area contributed by atoms with E-state index in [-0.39, 0.29) is 25.2 Å². The van der Waals surface area contributed by atoms with Gasteiger partial charge in [-0.05, 0) is 51.4 Å². The van der Waals surface area contributed by atoms with Gasteiger partial charge in [0.05, 0.1) is 17.1 Å². The summed E-state index contributed by atoms with van der Waals surface area (Å²) in [6, 6.07) is 0. The lowest BCUT2D eigenvalue weighted by Crippen LogP contribution is -2.54. The molecule has 2 N–H and O–H groups in total. The number of carbonyl (C=O) groups excluding carboxylic acids is 4. The minimum absolute atomic E-state index is 0.0574. The number of carbonyl (C=O) groups is 4. The molecule has 0 unspecified atom stereocenters. The van der Waals surface area contributed by atoms with Crippen molar-refractivity contribution in [3.8, 4) is 0 Å². The molecule has 200 valence electrons. The van der Waals surface area contributed by atoms with Crippen LogP contribution in [0.5, 0.6) is 0 Å². The third kappa shape index (κ3) is 6.47. The molecule has 36 heavy (non-hydrogen) atoms. The van der Waals surface area contributed by atoms with E-state index in [9.17, 15) is 27.6 Å². The Kier molecular flexibility index (Phi) is 8.87. The molecule has 0 aromatic rings. The van der Waals surface area contributed by atoms with Crippen LogP contribution in [0.25, 0.3) is 0 Å². The fourth-order valence-electron chi connectivity index (χ4n) is 4.84. The van der Waals surface area contributed by atoms with E-state index in [1.54, 1.807) is 18.0 Å². The zero-order valence-electron chi connectivity index (χ0n) is 20.4. The normalized spacial score (nSPS) is 29.1. The molecule has 3 aliphatic carbocycles. The van der Waals surface area contributed by atoms with E-state index in [0.29, 0.717) is 19.4 Å². The van der Waals surface area contributed by atoms with Gasteiger partial charge >= 0.3 is 5.43 Å². The van der Waals surface area contributed by atoms with Crippen molar-refractivity contribution >= 4 is 44.8 Å². The summed E-state index contributed by atoms with van der Waals surface area (Å²) >= 11 is 5.38. The molecular formula is C24H34ClN3O7S. The summed E-state index contributed by atoms with van der Waals surface area (Å²) in [5, 5.41) is 2.11. The van der Waals surface area contributed by atoms with Crippen molar-refractivity contribution in [2.45, 2.75) is 68.3 Å². The number of ether oxygens (including phenoxy) is 1. The van der Waals surface area contributed by atoms with Gasteiger partial charge in [0.15, 0.2) is 0 Å². The number of unbranched alkanes of at least 4 members (excludes halogenated alkanes) is 2. The molecule has 0 saturated heterocycles. The van der Waals surface area contributed by atoms with Gasteiger partial charge in [0.1, 0.15) is 11.6 Å². The Morgan fingerprint density at radius 3 is 2.36 bits per heavy atom. The molecule has 3 rings (SSSR count). The molecule has 3 saturated carbocycles. The van der Waals surface area contributed by atoms with Crippen LogP contribution in [0.1, 0.15) is 51.4 Å². The van der Waals surface area contributed by atoms with Crippen molar-refractivity contribution in [2.24, 2.45) is 17.8 Å². The highest BCUT2D eigenvalue weighted by molar-refractivity contribution is 7.91. The van der Waals surface area contributed by atoms with E-state index >= 15 is 0 Å². The first-order valence-electron chi connectivity index (χ1n) is 12.2. The summed E-state index contributed by atoms with van der Waals surface area (Å²) in [6.07, 6.45) is 6.37. The zero-order chi connectivity index (χ0) is 26.7. The van der Waals surface area contributed by atoms with Gasteiger partial charge in [-0.1, -0.05) is 12.2 Å². The molecule has 0 aromatic carbocycles. The second kappa shape index (κ2) is 11.3. The summed E-state index contributed by atoms with van der Waals surface area (Å²) in [4.78, 5) is 52.5. The lowest BCUT2D eigenvalue weighted by molar-refractivity contribution is -0.140. The predicted molar refractivity (Wildman–Crippen MR) is 133 cm³/mol. The number of rotatable bonds is 13. The van der Waals surface area contributed by atoms with Crippen molar-refractivity contribution < 1.29 is 32.3 Å². The second-order valence-corrected chi connectivity index (χ2v) is 12.2. The molecule has 3 amide bonds. The van der Waals surface area contributed by atoms with E-state index in [4.69, 9.17) is 16.3 Å². The van der Waals surface area contributed by atoms with Crippen LogP contribution in [0.4, 0.5) is 4.79 Å². The van der Waals surface area contributed by atoms with Gasteiger partial charge < -0.3 is 15.0 Å². The molecule has 12 heteroatoms. The minimum Gasteiger partial charge on any atom is -0.450 e. The molecule has 0 aromatic heterocycles. The maximum atomic E-state index is 13.4. The molecule has 0 aliphatic heterocycles. The Hall–Kier alpha value is -2.40. The molecule has 5 atom stereocenters. The van der Waals surface area contributed by atoms with Gasteiger partial charge in [0.2, 0.25) is 21.8 Å². The molecule has 0 spiro atoms. The van der Waals surface area contributed by atoms with Crippen molar-refractivity contribution in [3.63, 3.8) is 0 Å². The van der Waals surface area contributed by atoms with E-state index < -0.39 is 61.9 Å². The van der Waals surface area contributed by atoms with Crippen molar-refractivity contribution in [2.75, 3.05) is 13.6 Å². The van der Waals surface area contributed by atoms with Crippen LogP contribution in [0, 0.1) is 17.8 Å². The van der Waals surface area contributed by atoms with E-state index in [1.807, 2.05) is 0 Å². The molecule has 10 nitrogen and oxygen atoms in total. The summed E-state index contributed by atoms with van der Waals surface area (Å²) < 4.78 is 31.8. The van der Waals surface area contributed by atoms with E-state index in [0.717, 1.165) is 19.3 Å². The van der Waals surface area contributed by atoms with E-state index in [2.05, 4.69) is 23.2 Å². The van der Waals surface area contributed by atoms with Gasteiger partial charge in [0.25, 0.3) is 5.91 Å². The first kappa shape index (κ1) is 28.2. The first-order chi connectivity index (χ1) is 16.9. The maximum absolute atomic E-state index is 13.4. The Balaban J connectivity index is 1.73. The number of amides is 3. The largest absolute Gasteiger partial charge is 0.450 e. The highest BCUT2D eigenvalue weighted by Crippen LogP contribution is 2.46. The Morgan fingerprint density at radius 2 is 1.81 bits per heavy atom. The Labute approximate surface area is 216 Å². The monoisotopic (exact) mass is 543 g/mol. The average Bonchev–Trinajstić information content (AvgIpc) is 3.72.